The molecular formula is C11H21O3S-. The first-order chi connectivity index (χ1) is 7.02. The van der Waals surface area contributed by atoms with Crippen LogP contribution >= 0.6 is 0 Å². The van der Waals surface area contributed by atoms with Gasteiger partial charge in [-0.2, -0.15) is 0 Å². The van der Waals surface area contributed by atoms with Crippen LogP contribution in [-0.4, -0.2) is 25.7 Å². The summed E-state index contributed by atoms with van der Waals surface area (Å²) in [6, 6.07) is 0. The van der Waals surface area contributed by atoms with Crippen LogP contribution < -0.4 is 0 Å². The van der Waals surface area contributed by atoms with E-state index in [0.717, 1.165) is 0 Å². The molecule has 0 aliphatic carbocycles. The van der Waals surface area contributed by atoms with Crippen molar-refractivity contribution in [1.29, 1.82) is 0 Å². The molecule has 0 aromatic rings. The van der Waals surface area contributed by atoms with Crippen LogP contribution in [0.15, 0.2) is 12.7 Å². The van der Waals surface area contributed by atoms with Gasteiger partial charge in [0, 0.05) is 11.9 Å². The first-order valence-electron chi connectivity index (χ1n) is 5.32. The van der Waals surface area contributed by atoms with Gasteiger partial charge in [0.15, 0.2) is 0 Å². The van der Waals surface area contributed by atoms with Gasteiger partial charge in [0.2, 0.25) is 0 Å². The minimum atomic E-state index is -2.04. The summed E-state index contributed by atoms with van der Waals surface area (Å²) in [4.78, 5) is 0. The Balaban J connectivity index is 4.26. The SMILES string of the molecule is C=CC[C@H](C)[C@H](C[C@@H](C)CCO)S(=O)[O-]. The van der Waals surface area contributed by atoms with E-state index in [1.807, 2.05) is 13.8 Å². The van der Waals surface area contributed by atoms with E-state index < -0.39 is 11.1 Å². The third-order valence-corrected chi connectivity index (χ3v) is 3.83. The molecule has 0 radical (unpaired) electrons. The van der Waals surface area contributed by atoms with Crippen molar-refractivity contribution in [2.45, 2.75) is 38.4 Å². The van der Waals surface area contributed by atoms with Gasteiger partial charge in [-0.05, 0) is 31.1 Å². The van der Waals surface area contributed by atoms with Crippen molar-refractivity contribution in [2.75, 3.05) is 6.61 Å². The maximum atomic E-state index is 11.1. The van der Waals surface area contributed by atoms with E-state index in [2.05, 4.69) is 6.58 Å². The normalized spacial score (nSPS) is 19.2. The van der Waals surface area contributed by atoms with Gasteiger partial charge in [0.1, 0.15) is 0 Å². The Bertz CT molecular complexity index is 206. The zero-order valence-corrected chi connectivity index (χ0v) is 10.3. The first kappa shape index (κ1) is 14.8. The molecule has 0 aliphatic rings. The molecule has 4 heteroatoms. The van der Waals surface area contributed by atoms with Crippen LogP contribution in [-0.2, 0) is 11.1 Å². The van der Waals surface area contributed by atoms with Crippen molar-refractivity contribution >= 4 is 11.1 Å². The van der Waals surface area contributed by atoms with Crippen molar-refractivity contribution in [3.63, 3.8) is 0 Å². The van der Waals surface area contributed by atoms with E-state index in [9.17, 15) is 8.76 Å². The predicted molar refractivity (Wildman–Crippen MR) is 62.2 cm³/mol. The summed E-state index contributed by atoms with van der Waals surface area (Å²) in [6.45, 7) is 7.63. The number of hydrogen-bond donors (Lipinski definition) is 1. The lowest BCUT2D eigenvalue weighted by atomic mass is 9.93. The second kappa shape index (κ2) is 8.02. The van der Waals surface area contributed by atoms with Crippen molar-refractivity contribution in [3.05, 3.63) is 12.7 Å². The molecule has 3 nitrogen and oxygen atoms in total. The fraction of sp³-hybridized carbons (Fsp3) is 0.818. The molecular weight excluding hydrogens is 212 g/mol. The number of hydrogen-bond acceptors (Lipinski definition) is 3. The molecule has 0 heterocycles. The Hall–Kier alpha value is -0.190. The van der Waals surface area contributed by atoms with Crippen LogP contribution in [0.25, 0.3) is 0 Å². The van der Waals surface area contributed by atoms with Gasteiger partial charge >= 0.3 is 0 Å². The molecule has 0 aromatic carbocycles. The minimum Gasteiger partial charge on any atom is -0.772 e. The first-order valence-corrected chi connectivity index (χ1v) is 6.46. The van der Waals surface area contributed by atoms with Gasteiger partial charge in [0.05, 0.1) is 0 Å². The topological polar surface area (TPSA) is 60.4 Å². The lowest BCUT2D eigenvalue weighted by Crippen LogP contribution is -2.26. The van der Waals surface area contributed by atoms with Gasteiger partial charge in [-0.15, -0.1) is 6.58 Å². The van der Waals surface area contributed by atoms with Gasteiger partial charge in [-0.1, -0.05) is 31.0 Å². The van der Waals surface area contributed by atoms with Crippen molar-refractivity contribution in [3.8, 4) is 0 Å². The zero-order valence-electron chi connectivity index (χ0n) is 9.52. The Labute approximate surface area is 94.9 Å². The maximum Gasteiger partial charge on any atom is 0.0433 e. The largest absolute Gasteiger partial charge is 0.772 e. The van der Waals surface area contributed by atoms with E-state index in [4.69, 9.17) is 5.11 Å². The maximum absolute atomic E-state index is 11.1. The van der Waals surface area contributed by atoms with E-state index in [0.29, 0.717) is 19.3 Å². The van der Waals surface area contributed by atoms with Crippen LogP contribution in [0.4, 0.5) is 0 Å². The molecule has 90 valence electrons. The van der Waals surface area contributed by atoms with E-state index in [1.54, 1.807) is 6.08 Å². The average Bonchev–Trinajstić information content (AvgIpc) is 2.14. The summed E-state index contributed by atoms with van der Waals surface area (Å²) in [6.07, 6.45) is 3.74. The van der Waals surface area contributed by atoms with Crippen LogP contribution in [0, 0.1) is 11.8 Å². The number of rotatable bonds is 8. The fourth-order valence-electron chi connectivity index (χ4n) is 1.65. The van der Waals surface area contributed by atoms with Crippen LogP contribution in [0.3, 0.4) is 0 Å². The minimum absolute atomic E-state index is 0.0991. The smallest absolute Gasteiger partial charge is 0.0433 e. The van der Waals surface area contributed by atoms with Gasteiger partial charge in [0.25, 0.3) is 0 Å². The number of aliphatic hydroxyl groups is 1. The molecule has 1 unspecified atom stereocenters. The summed E-state index contributed by atoms with van der Waals surface area (Å²) in [5.74, 6) is 0.340. The monoisotopic (exact) mass is 233 g/mol. The summed E-state index contributed by atoms with van der Waals surface area (Å²) >= 11 is -2.04. The Kier molecular flexibility index (Phi) is 7.92. The summed E-state index contributed by atoms with van der Waals surface area (Å²) < 4.78 is 22.1. The molecule has 1 N–H and O–H groups in total. The fourth-order valence-corrected chi connectivity index (χ4v) is 2.63. The standard InChI is InChI=1S/C11H22O3S/c1-4-5-10(3)11(15(13)14)8-9(2)6-7-12/h4,9-12H,1,5-8H2,2-3H3,(H,13,14)/p-1/t9-,10-,11-/m0/s1. The van der Waals surface area contributed by atoms with Gasteiger partial charge in [-0.25, -0.2) is 0 Å². The molecule has 0 spiro atoms. The second-order valence-electron chi connectivity index (χ2n) is 4.15. The lowest BCUT2D eigenvalue weighted by Gasteiger charge is -2.27. The van der Waals surface area contributed by atoms with Crippen molar-refractivity contribution < 1.29 is 13.9 Å². The van der Waals surface area contributed by atoms with Crippen LogP contribution in [0.5, 0.6) is 0 Å². The van der Waals surface area contributed by atoms with E-state index >= 15 is 0 Å². The molecule has 0 aromatic heterocycles. The van der Waals surface area contributed by atoms with Gasteiger partial charge < -0.3 is 9.66 Å². The third kappa shape index (κ3) is 6.07. The highest BCUT2D eigenvalue weighted by Gasteiger charge is 2.19. The molecule has 15 heavy (non-hydrogen) atoms. The summed E-state index contributed by atoms with van der Waals surface area (Å²) in [5.41, 5.74) is 0. The van der Waals surface area contributed by atoms with E-state index in [-0.39, 0.29) is 23.7 Å². The highest BCUT2D eigenvalue weighted by atomic mass is 32.2. The molecule has 0 saturated carbocycles. The molecule has 0 amide bonds. The Morgan fingerprint density at radius 1 is 1.53 bits per heavy atom. The Morgan fingerprint density at radius 2 is 2.13 bits per heavy atom. The van der Waals surface area contributed by atoms with Crippen LogP contribution in [0.1, 0.15) is 33.1 Å². The van der Waals surface area contributed by atoms with Crippen LogP contribution in [0.2, 0.25) is 0 Å². The Morgan fingerprint density at radius 3 is 2.53 bits per heavy atom. The average molecular weight is 233 g/mol. The quantitative estimate of drug-likeness (QED) is 0.514. The molecule has 0 aliphatic heterocycles. The third-order valence-electron chi connectivity index (χ3n) is 2.68. The van der Waals surface area contributed by atoms with E-state index in [1.165, 1.54) is 0 Å². The summed E-state index contributed by atoms with van der Waals surface area (Å²) in [5, 5.41) is 8.43. The molecule has 4 atom stereocenters. The molecule has 0 rings (SSSR count). The lowest BCUT2D eigenvalue weighted by molar-refractivity contribution is 0.253. The highest BCUT2D eigenvalue weighted by molar-refractivity contribution is 7.79. The predicted octanol–water partition coefficient (Wildman–Crippen LogP) is 1.85. The van der Waals surface area contributed by atoms with Crippen molar-refractivity contribution in [1.82, 2.24) is 0 Å². The number of aliphatic hydroxyl groups excluding tert-OH is 1. The van der Waals surface area contributed by atoms with Crippen molar-refractivity contribution in [2.24, 2.45) is 11.8 Å². The van der Waals surface area contributed by atoms with Gasteiger partial charge in [-0.3, -0.25) is 4.21 Å². The molecule has 0 bridgehead atoms. The zero-order chi connectivity index (χ0) is 11.8. The highest BCUT2D eigenvalue weighted by Crippen LogP contribution is 2.22. The molecule has 0 fully saturated rings. The summed E-state index contributed by atoms with van der Waals surface area (Å²) in [7, 11) is 0. The number of allylic oxidation sites excluding steroid dienone is 1. The second-order valence-corrected chi connectivity index (χ2v) is 5.28. The molecule has 0 saturated heterocycles.